The Bertz CT molecular complexity index is 978. The summed E-state index contributed by atoms with van der Waals surface area (Å²) in [5.41, 5.74) is 0.932. The molecule has 0 spiro atoms. The van der Waals surface area contributed by atoms with E-state index in [1.807, 2.05) is 0 Å². The fourth-order valence-corrected chi connectivity index (χ4v) is 3.22. The quantitative estimate of drug-likeness (QED) is 0.707. The van der Waals surface area contributed by atoms with E-state index in [0.717, 1.165) is 27.2 Å². The Hall–Kier alpha value is -2.79. The maximum absolute atomic E-state index is 13.0. The molecule has 29 heavy (non-hydrogen) atoms. The molecule has 0 bridgehead atoms. The summed E-state index contributed by atoms with van der Waals surface area (Å²) in [6.07, 6.45) is -2.89. The van der Waals surface area contributed by atoms with Gasteiger partial charge in [0.2, 0.25) is 11.7 Å². The van der Waals surface area contributed by atoms with Crippen molar-refractivity contribution in [1.29, 1.82) is 0 Å². The molecule has 1 fully saturated rings. The van der Waals surface area contributed by atoms with Gasteiger partial charge < -0.3 is 4.90 Å². The lowest BCUT2D eigenvalue weighted by Gasteiger charge is -2.30. The van der Waals surface area contributed by atoms with Crippen LogP contribution in [0.15, 0.2) is 4.79 Å². The molecule has 0 aliphatic heterocycles. The van der Waals surface area contributed by atoms with E-state index in [0.29, 0.717) is 11.3 Å². The molecule has 9 nitrogen and oxygen atoms in total. The average Bonchev–Trinajstić information content (AvgIpc) is 3.38. The summed E-state index contributed by atoms with van der Waals surface area (Å²) in [6, 6.07) is -0.524. The minimum Gasteiger partial charge on any atom is -0.329 e. The monoisotopic (exact) mass is 413 g/mol. The van der Waals surface area contributed by atoms with Crippen molar-refractivity contribution < 1.29 is 18.0 Å². The van der Waals surface area contributed by atoms with Crippen LogP contribution < -0.4 is 5.56 Å². The van der Waals surface area contributed by atoms with Gasteiger partial charge in [0.1, 0.15) is 13.1 Å². The number of nitrogens with zero attached hydrogens (tertiary/aromatic N) is 7. The summed E-state index contributed by atoms with van der Waals surface area (Å²) in [6.45, 7) is 3.21. The molecular weight excluding hydrogens is 391 g/mol. The molecule has 1 unspecified atom stereocenters. The Morgan fingerprint density at radius 1 is 1.28 bits per heavy atom. The molecule has 158 valence electrons. The molecular formula is C17H22F3N7O2. The highest BCUT2D eigenvalue weighted by molar-refractivity contribution is 5.76. The third-order valence-electron chi connectivity index (χ3n) is 5.14. The lowest BCUT2D eigenvalue weighted by molar-refractivity contribution is -0.166. The minimum atomic E-state index is -4.50. The van der Waals surface area contributed by atoms with Gasteiger partial charge in [-0.05, 0) is 50.3 Å². The maximum atomic E-state index is 13.0. The van der Waals surface area contributed by atoms with Gasteiger partial charge in [-0.3, -0.25) is 9.59 Å². The van der Waals surface area contributed by atoms with Crippen molar-refractivity contribution in [3.8, 4) is 11.4 Å². The van der Waals surface area contributed by atoms with Crippen molar-refractivity contribution in [3.63, 3.8) is 0 Å². The Morgan fingerprint density at radius 2 is 1.93 bits per heavy atom. The average molecular weight is 413 g/mol. The number of rotatable bonds is 6. The highest BCUT2D eigenvalue weighted by Gasteiger charge is 2.40. The molecule has 2 aromatic rings. The number of carbonyl (C=O) groups is 1. The second kappa shape index (κ2) is 7.56. The number of halogens is 3. The maximum Gasteiger partial charge on any atom is 0.406 e. The van der Waals surface area contributed by atoms with Gasteiger partial charge in [-0.2, -0.15) is 23.1 Å². The Balaban J connectivity index is 1.84. The van der Waals surface area contributed by atoms with Crippen LogP contribution in [-0.2, 0) is 18.4 Å². The molecule has 2 aromatic heterocycles. The SMILES string of the molecule is Cc1nn(C)c(=O)c(-c2nnn(CC(=O)N(CC(F)(F)F)C(C)C3CC3)n2)c1C. The van der Waals surface area contributed by atoms with E-state index >= 15 is 0 Å². The molecule has 3 rings (SSSR count). The molecule has 2 heterocycles. The zero-order chi connectivity index (χ0) is 21.5. The topological polar surface area (TPSA) is 98.8 Å². The molecule has 1 amide bonds. The van der Waals surface area contributed by atoms with Gasteiger partial charge in [0.25, 0.3) is 5.56 Å². The number of aromatic nitrogens is 6. The van der Waals surface area contributed by atoms with Crippen LogP contribution in [-0.4, -0.2) is 59.6 Å². The van der Waals surface area contributed by atoms with Crippen LogP contribution in [0.2, 0.25) is 0 Å². The van der Waals surface area contributed by atoms with Crippen molar-refractivity contribution in [1.82, 2.24) is 34.9 Å². The van der Waals surface area contributed by atoms with Crippen LogP contribution in [0.1, 0.15) is 31.0 Å². The summed E-state index contributed by atoms with van der Waals surface area (Å²) in [4.78, 5) is 26.7. The van der Waals surface area contributed by atoms with Crippen LogP contribution in [0, 0.1) is 19.8 Å². The van der Waals surface area contributed by atoms with Gasteiger partial charge in [-0.1, -0.05) is 0 Å². The van der Waals surface area contributed by atoms with Gasteiger partial charge in [-0.25, -0.2) is 4.68 Å². The predicted molar refractivity (Wildman–Crippen MR) is 95.7 cm³/mol. The number of tetrazole rings is 1. The molecule has 1 aliphatic carbocycles. The number of carbonyl (C=O) groups excluding carboxylic acids is 1. The lowest BCUT2D eigenvalue weighted by atomic mass is 10.1. The fraction of sp³-hybridized carbons (Fsp3) is 0.647. The molecule has 0 aromatic carbocycles. The Morgan fingerprint density at radius 3 is 2.52 bits per heavy atom. The number of aryl methyl sites for hydroxylation is 2. The van der Waals surface area contributed by atoms with Crippen molar-refractivity contribution >= 4 is 5.91 Å². The van der Waals surface area contributed by atoms with Gasteiger partial charge in [0, 0.05) is 13.1 Å². The van der Waals surface area contributed by atoms with E-state index in [2.05, 4.69) is 20.5 Å². The third-order valence-corrected chi connectivity index (χ3v) is 5.14. The summed E-state index contributed by atoms with van der Waals surface area (Å²) < 4.78 is 40.0. The zero-order valence-electron chi connectivity index (χ0n) is 16.6. The van der Waals surface area contributed by atoms with Crippen LogP contribution in [0.25, 0.3) is 11.4 Å². The Labute approximate surface area is 164 Å². The number of amides is 1. The van der Waals surface area contributed by atoms with E-state index < -0.39 is 36.8 Å². The Kier molecular flexibility index (Phi) is 5.46. The van der Waals surface area contributed by atoms with Crippen LogP contribution >= 0.6 is 0 Å². The number of hydrogen-bond acceptors (Lipinski definition) is 6. The summed E-state index contributed by atoms with van der Waals surface area (Å²) in [5.74, 6) is -0.675. The van der Waals surface area contributed by atoms with Crippen LogP contribution in [0.3, 0.4) is 0 Å². The highest BCUT2D eigenvalue weighted by atomic mass is 19.4. The van der Waals surface area contributed by atoms with Gasteiger partial charge >= 0.3 is 6.18 Å². The van der Waals surface area contributed by atoms with Crippen molar-refractivity contribution in [2.75, 3.05) is 6.54 Å². The summed E-state index contributed by atoms with van der Waals surface area (Å²) in [5, 5.41) is 15.7. The van der Waals surface area contributed by atoms with Crippen molar-refractivity contribution in [2.24, 2.45) is 13.0 Å². The van der Waals surface area contributed by atoms with E-state index in [-0.39, 0.29) is 17.3 Å². The minimum absolute atomic E-state index is 0.000914. The highest BCUT2D eigenvalue weighted by Crippen LogP contribution is 2.36. The lowest BCUT2D eigenvalue weighted by Crippen LogP contribution is -2.47. The second-order valence-corrected chi connectivity index (χ2v) is 7.37. The van der Waals surface area contributed by atoms with E-state index in [1.165, 1.54) is 7.05 Å². The van der Waals surface area contributed by atoms with Crippen LogP contribution in [0.5, 0.6) is 0 Å². The largest absolute Gasteiger partial charge is 0.406 e. The van der Waals surface area contributed by atoms with E-state index in [1.54, 1.807) is 20.8 Å². The smallest absolute Gasteiger partial charge is 0.329 e. The fourth-order valence-electron chi connectivity index (χ4n) is 3.22. The molecule has 0 N–H and O–H groups in total. The second-order valence-electron chi connectivity index (χ2n) is 7.37. The summed E-state index contributed by atoms with van der Waals surface area (Å²) >= 11 is 0. The van der Waals surface area contributed by atoms with Gasteiger partial charge in [-0.15, -0.1) is 10.2 Å². The van der Waals surface area contributed by atoms with E-state index in [9.17, 15) is 22.8 Å². The van der Waals surface area contributed by atoms with Gasteiger partial charge in [0.05, 0.1) is 11.3 Å². The first kappa shape index (κ1) is 20.9. The van der Waals surface area contributed by atoms with Crippen LogP contribution in [0.4, 0.5) is 13.2 Å². The molecule has 0 saturated heterocycles. The first-order chi connectivity index (χ1) is 13.5. The molecule has 1 saturated carbocycles. The standard InChI is InChI=1S/C17H22F3N7O2/c1-9-10(2)22-25(4)16(29)14(9)15-21-24-27(23-15)7-13(28)26(8-17(18,19)20)11(3)12-5-6-12/h11-12H,5-8H2,1-4H3. The molecule has 12 heteroatoms. The van der Waals surface area contributed by atoms with E-state index in [4.69, 9.17) is 0 Å². The van der Waals surface area contributed by atoms with Crippen molar-refractivity contribution in [3.05, 3.63) is 21.6 Å². The molecule has 0 radical (unpaired) electrons. The summed E-state index contributed by atoms with van der Waals surface area (Å²) in [7, 11) is 1.49. The first-order valence-corrected chi connectivity index (χ1v) is 9.17. The molecule has 1 aliphatic rings. The van der Waals surface area contributed by atoms with Gasteiger partial charge in [0.15, 0.2) is 0 Å². The van der Waals surface area contributed by atoms with Crippen molar-refractivity contribution in [2.45, 2.75) is 52.4 Å². The number of alkyl halides is 3. The normalized spacial score (nSPS) is 15.4. The number of hydrogen-bond donors (Lipinski definition) is 0. The third kappa shape index (κ3) is 4.62. The zero-order valence-corrected chi connectivity index (χ0v) is 16.6. The molecule has 1 atom stereocenters. The first-order valence-electron chi connectivity index (χ1n) is 9.17. The predicted octanol–water partition coefficient (Wildman–Crippen LogP) is 1.24.